The number of carbonyl (C=O) groups is 1. The van der Waals surface area contributed by atoms with Crippen molar-refractivity contribution in [2.45, 2.75) is 6.54 Å². The third kappa shape index (κ3) is 4.05. The minimum absolute atomic E-state index is 0.321. The number of carbonyl (C=O) groups excluding carboxylic acids is 1. The van der Waals surface area contributed by atoms with Crippen LogP contribution in [-0.4, -0.2) is 28.1 Å². The number of pyridine rings is 2. The van der Waals surface area contributed by atoms with E-state index in [2.05, 4.69) is 25.6 Å². The van der Waals surface area contributed by atoms with E-state index in [4.69, 9.17) is 4.74 Å². The lowest BCUT2D eigenvalue weighted by Crippen LogP contribution is -2.28. The van der Waals surface area contributed by atoms with Crippen molar-refractivity contribution >= 4 is 22.5 Å². The molecule has 3 aromatic heterocycles. The van der Waals surface area contributed by atoms with E-state index in [1.165, 1.54) is 11.3 Å². The molecule has 0 aliphatic carbocycles. The van der Waals surface area contributed by atoms with Crippen LogP contribution < -0.4 is 15.4 Å². The monoisotopic (exact) mass is 341 g/mol. The number of hydrogen-bond donors (Lipinski definition) is 2. The molecular formula is C16H15N5O2S. The Labute approximate surface area is 142 Å². The van der Waals surface area contributed by atoms with Crippen LogP contribution in [0.1, 0.15) is 5.56 Å². The van der Waals surface area contributed by atoms with Crippen LogP contribution in [0.5, 0.6) is 5.88 Å². The number of nitrogens with one attached hydrogen (secondary N) is 2. The van der Waals surface area contributed by atoms with Crippen LogP contribution in [0, 0.1) is 0 Å². The van der Waals surface area contributed by atoms with E-state index in [0.29, 0.717) is 17.6 Å². The largest absolute Gasteiger partial charge is 0.481 e. The van der Waals surface area contributed by atoms with Gasteiger partial charge in [-0.2, -0.15) is 0 Å². The van der Waals surface area contributed by atoms with Crippen LogP contribution in [0.3, 0.4) is 0 Å². The summed E-state index contributed by atoms with van der Waals surface area (Å²) in [6.45, 7) is 0.367. The summed E-state index contributed by atoms with van der Waals surface area (Å²) in [4.78, 5) is 24.4. The van der Waals surface area contributed by atoms with Crippen LogP contribution in [0.2, 0.25) is 0 Å². The van der Waals surface area contributed by atoms with Gasteiger partial charge in [-0.3, -0.25) is 10.3 Å². The molecule has 0 aromatic carbocycles. The van der Waals surface area contributed by atoms with Crippen molar-refractivity contribution in [2.24, 2.45) is 0 Å². The van der Waals surface area contributed by atoms with Gasteiger partial charge in [0, 0.05) is 42.1 Å². The fourth-order valence-corrected chi connectivity index (χ4v) is 2.69. The second-order valence-electron chi connectivity index (χ2n) is 4.79. The van der Waals surface area contributed by atoms with Gasteiger partial charge in [-0.05, 0) is 23.8 Å². The Balaban J connectivity index is 1.56. The van der Waals surface area contributed by atoms with Crippen molar-refractivity contribution < 1.29 is 9.53 Å². The highest BCUT2D eigenvalue weighted by Crippen LogP contribution is 2.23. The molecule has 0 saturated heterocycles. The topological polar surface area (TPSA) is 89.0 Å². The zero-order valence-corrected chi connectivity index (χ0v) is 13.7. The molecule has 0 spiro atoms. The van der Waals surface area contributed by atoms with Crippen molar-refractivity contribution in [3.63, 3.8) is 0 Å². The predicted molar refractivity (Wildman–Crippen MR) is 92.0 cm³/mol. The van der Waals surface area contributed by atoms with Crippen molar-refractivity contribution in [3.05, 3.63) is 53.8 Å². The van der Waals surface area contributed by atoms with Crippen molar-refractivity contribution in [1.82, 2.24) is 20.3 Å². The van der Waals surface area contributed by atoms with Crippen LogP contribution in [-0.2, 0) is 6.54 Å². The number of hydrogen-bond acceptors (Lipinski definition) is 6. The molecule has 24 heavy (non-hydrogen) atoms. The molecule has 0 radical (unpaired) electrons. The SMILES string of the molecule is COc1cc(CNC(=O)Nc2nc(-c3cccnc3)cs2)ccn1. The highest BCUT2D eigenvalue weighted by Gasteiger charge is 2.08. The molecule has 8 heteroatoms. The Bertz CT molecular complexity index is 822. The number of urea groups is 1. The first-order chi connectivity index (χ1) is 11.7. The zero-order valence-electron chi connectivity index (χ0n) is 12.9. The molecule has 3 heterocycles. The Kier molecular flexibility index (Phi) is 4.97. The number of methoxy groups -OCH3 is 1. The summed E-state index contributed by atoms with van der Waals surface area (Å²) in [6.07, 6.45) is 5.07. The Hall–Kier alpha value is -3.00. The van der Waals surface area contributed by atoms with Gasteiger partial charge < -0.3 is 10.1 Å². The Morgan fingerprint density at radius 3 is 3.04 bits per heavy atom. The highest BCUT2D eigenvalue weighted by atomic mass is 32.1. The summed E-state index contributed by atoms with van der Waals surface area (Å²) < 4.78 is 5.05. The number of aromatic nitrogens is 3. The van der Waals surface area contributed by atoms with Gasteiger partial charge in [-0.15, -0.1) is 11.3 Å². The van der Waals surface area contributed by atoms with Crippen molar-refractivity contribution in [3.8, 4) is 17.1 Å². The fraction of sp³-hybridized carbons (Fsp3) is 0.125. The van der Waals surface area contributed by atoms with Crippen LogP contribution in [0.15, 0.2) is 48.2 Å². The number of amides is 2. The summed E-state index contributed by atoms with van der Waals surface area (Å²) in [5.74, 6) is 0.510. The smallest absolute Gasteiger partial charge is 0.321 e. The predicted octanol–water partition coefficient (Wildman–Crippen LogP) is 2.93. The lowest BCUT2D eigenvalue weighted by Gasteiger charge is -2.06. The van der Waals surface area contributed by atoms with E-state index < -0.39 is 0 Å². The molecular weight excluding hydrogens is 326 g/mol. The first kappa shape index (κ1) is 15.9. The lowest BCUT2D eigenvalue weighted by atomic mass is 10.2. The standard InChI is InChI=1S/C16H15N5O2S/c1-23-14-7-11(4-6-18-14)8-19-15(22)21-16-20-13(10-24-16)12-3-2-5-17-9-12/h2-7,9-10H,8H2,1H3,(H2,19,20,21,22). The minimum atomic E-state index is -0.321. The minimum Gasteiger partial charge on any atom is -0.481 e. The molecule has 0 aliphatic heterocycles. The van der Waals surface area contributed by atoms with Crippen LogP contribution >= 0.6 is 11.3 Å². The molecule has 2 amide bonds. The molecule has 0 aliphatic rings. The maximum absolute atomic E-state index is 12.0. The van der Waals surface area contributed by atoms with Gasteiger partial charge in [0.25, 0.3) is 0 Å². The van der Waals surface area contributed by atoms with Crippen LogP contribution in [0.4, 0.5) is 9.93 Å². The lowest BCUT2D eigenvalue weighted by molar-refractivity contribution is 0.251. The van der Waals surface area contributed by atoms with E-state index >= 15 is 0 Å². The highest BCUT2D eigenvalue weighted by molar-refractivity contribution is 7.14. The fourth-order valence-electron chi connectivity index (χ4n) is 1.97. The van der Waals surface area contributed by atoms with Crippen molar-refractivity contribution in [1.29, 1.82) is 0 Å². The summed E-state index contributed by atoms with van der Waals surface area (Å²) in [5, 5.41) is 7.89. The van der Waals surface area contributed by atoms with Crippen LogP contribution in [0.25, 0.3) is 11.3 Å². The zero-order chi connectivity index (χ0) is 16.8. The summed E-state index contributed by atoms with van der Waals surface area (Å²) in [6, 6.07) is 7.02. The third-order valence-electron chi connectivity index (χ3n) is 3.14. The van der Waals surface area contributed by atoms with E-state index in [0.717, 1.165) is 16.8 Å². The quantitative estimate of drug-likeness (QED) is 0.745. The van der Waals surface area contributed by atoms with E-state index in [1.807, 2.05) is 23.6 Å². The Morgan fingerprint density at radius 1 is 1.33 bits per heavy atom. The molecule has 0 bridgehead atoms. The number of ether oxygens (including phenoxy) is 1. The maximum atomic E-state index is 12.0. The van der Waals surface area contributed by atoms with Gasteiger partial charge in [0.1, 0.15) is 0 Å². The normalized spacial score (nSPS) is 10.2. The number of nitrogens with zero attached hydrogens (tertiary/aromatic N) is 3. The molecule has 0 fully saturated rings. The first-order valence-electron chi connectivity index (χ1n) is 7.14. The summed E-state index contributed by atoms with van der Waals surface area (Å²) in [5.41, 5.74) is 2.58. The molecule has 0 unspecified atom stereocenters. The number of anilines is 1. The average Bonchev–Trinajstić information content (AvgIpc) is 3.09. The van der Waals surface area contributed by atoms with Crippen molar-refractivity contribution in [2.75, 3.05) is 12.4 Å². The van der Waals surface area contributed by atoms with E-state index in [9.17, 15) is 4.79 Å². The van der Waals surface area contributed by atoms with Gasteiger partial charge in [0.15, 0.2) is 5.13 Å². The van der Waals surface area contributed by atoms with Gasteiger partial charge in [0.05, 0.1) is 12.8 Å². The molecule has 3 rings (SSSR count). The van der Waals surface area contributed by atoms with Gasteiger partial charge in [-0.1, -0.05) is 0 Å². The summed E-state index contributed by atoms with van der Waals surface area (Å²) >= 11 is 1.36. The second kappa shape index (κ2) is 7.51. The molecule has 2 N–H and O–H groups in total. The Morgan fingerprint density at radius 2 is 2.25 bits per heavy atom. The first-order valence-corrected chi connectivity index (χ1v) is 8.02. The van der Waals surface area contributed by atoms with Gasteiger partial charge >= 0.3 is 6.03 Å². The average molecular weight is 341 g/mol. The third-order valence-corrected chi connectivity index (χ3v) is 3.90. The molecule has 122 valence electrons. The maximum Gasteiger partial charge on any atom is 0.321 e. The molecule has 7 nitrogen and oxygen atoms in total. The second-order valence-corrected chi connectivity index (χ2v) is 5.65. The number of thiazole rings is 1. The van der Waals surface area contributed by atoms with E-state index in [-0.39, 0.29) is 6.03 Å². The summed E-state index contributed by atoms with van der Waals surface area (Å²) in [7, 11) is 1.55. The van der Waals surface area contributed by atoms with Gasteiger partial charge in [0.2, 0.25) is 5.88 Å². The number of rotatable bonds is 5. The molecule has 3 aromatic rings. The van der Waals surface area contributed by atoms with Gasteiger partial charge in [-0.25, -0.2) is 14.8 Å². The van der Waals surface area contributed by atoms with E-state index in [1.54, 1.807) is 31.8 Å². The molecule has 0 atom stereocenters. The molecule has 0 saturated carbocycles.